The number of amides is 1. The fourth-order valence-corrected chi connectivity index (χ4v) is 5.63. The van der Waals surface area contributed by atoms with E-state index in [1.807, 2.05) is 107 Å². The molecule has 0 aliphatic carbocycles. The standard InChI is InChI=1S/C33H34BrClN2O3/c1-21-29(24-19-23(34)15-16-27(24)37-30(21)22-11-7-6-8-12-22)31(39)36-20-33(5,25-13-9-10-14-26(25)35)18-17-28(38)40-32(2,3)4/h6-16,19H,17-18,20H2,1-5H3,(H,36,39). The minimum absolute atomic E-state index is 0.192. The zero-order chi connectivity index (χ0) is 29.1. The summed E-state index contributed by atoms with van der Waals surface area (Å²) in [4.78, 5) is 31.5. The van der Waals surface area contributed by atoms with Crippen LogP contribution >= 0.6 is 27.5 Å². The van der Waals surface area contributed by atoms with E-state index in [1.165, 1.54) is 0 Å². The summed E-state index contributed by atoms with van der Waals surface area (Å²) < 4.78 is 6.42. The highest BCUT2D eigenvalue weighted by atomic mass is 79.9. The number of aromatic nitrogens is 1. The molecule has 4 rings (SSSR count). The summed E-state index contributed by atoms with van der Waals surface area (Å²) in [7, 11) is 0. The number of carbonyl (C=O) groups excluding carboxylic acids is 2. The van der Waals surface area contributed by atoms with Crippen molar-refractivity contribution in [3.8, 4) is 11.3 Å². The largest absolute Gasteiger partial charge is 0.460 e. The van der Waals surface area contributed by atoms with E-state index in [9.17, 15) is 9.59 Å². The molecule has 0 saturated carbocycles. The van der Waals surface area contributed by atoms with Gasteiger partial charge < -0.3 is 10.1 Å². The zero-order valence-corrected chi connectivity index (χ0v) is 25.8. The monoisotopic (exact) mass is 620 g/mol. The number of carbonyl (C=O) groups is 2. The first-order chi connectivity index (χ1) is 18.9. The quantitative estimate of drug-likeness (QED) is 0.201. The van der Waals surface area contributed by atoms with Crippen molar-refractivity contribution in [3.63, 3.8) is 0 Å². The molecule has 0 radical (unpaired) electrons. The lowest BCUT2D eigenvalue weighted by atomic mass is 9.78. The first kappa shape index (κ1) is 29.8. The van der Waals surface area contributed by atoms with Gasteiger partial charge in [-0.1, -0.05) is 83.0 Å². The number of ether oxygens (including phenoxy) is 1. The van der Waals surface area contributed by atoms with E-state index in [2.05, 4.69) is 21.2 Å². The summed E-state index contributed by atoms with van der Waals surface area (Å²) >= 11 is 10.2. The number of hydrogen-bond acceptors (Lipinski definition) is 4. The summed E-state index contributed by atoms with van der Waals surface area (Å²) in [5.74, 6) is -0.499. The van der Waals surface area contributed by atoms with Crippen molar-refractivity contribution in [1.82, 2.24) is 10.3 Å². The first-order valence-electron chi connectivity index (χ1n) is 13.3. The molecule has 3 aromatic carbocycles. The van der Waals surface area contributed by atoms with E-state index < -0.39 is 11.0 Å². The maximum absolute atomic E-state index is 14.0. The van der Waals surface area contributed by atoms with Gasteiger partial charge in [-0.2, -0.15) is 0 Å². The molecule has 0 aliphatic rings. The van der Waals surface area contributed by atoms with Crippen LogP contribution in [0.5, 0.6) is 0 Å². The molecule has 1 heterocycles. The summed E-state index contributed by atoms with van der Waals surface area (Å²) in [5.41, 5.74) is 3.47. The van der Waals surface area contributed by atoms with Crippen molar-refractivity contribution < 1.29 is 14.3 Å². The molecule has 0 aliphatic heterocycles. The third-order valence-electron chi connectivity index (χ3n) is 6.93. The average molecular weight is 622 g/mol. The lowest BCUT2D eigenvalue weighted by Crippen LogP contribution is -2.40. The van der Waals surface area contributed by atoms with E-state index >= 15 is 0 Å². The van der Waals surface area contributed by atoms with E-state index in [-0.39, 0.29) is 24.8 Å². The van der Waals surface area contributed by atoms with Gasteiger partial charge in [-0.15, -0.1) is 0 Å². The molecule has 1 N–H and O–H groups in total. The van der Waals surface area contributed by atoms with Gasteiger partial charge in [-0.3, -0.25) is 9.59 Å². The van der Waals surface area contributed by atoms with Crippen LogP contribution in [-0.4, -0.2) is 29.0 Å². The number of fused-ring (bicyclic) bond motifs is 1. The lowest BCUT2D eigenvalue weighted by Gasteiger charge is -2.32. The third kappa shape index (κ3) is 6.91. The Morgan fingerprint density at radius 1 is 0.975 bits per heavy atom. The van der Waals surface area contributed by atoms with Crippen molar-refractivity contribution >= 4 is 50.3 Å². The van der Waals surface area contributed by atoms with Crippen molar-refractivity contribution in [2.75, 3.05) is 6.54 Å². The number of pyridine rings is 1. The highest BCUT2D eigenvalue weighted by Crippen LogP contribution is 2.35. The number of nitrogens with zero attached hydrogens (tertiary/aromatic N) is 1. The van der Waals surface area contributed by atoms with Gasteiger partial charge in [0.15, 0.2) is 0 Å². The Bertz CT molecular complexity index is 1550. The minimum atomic E-state index is -0.621. The van der Waals surface area contributed by atoms with E-state index in [0.29, 0.717) is 17.0 Å². The molecular formula is C33H34BrClN2O3. The van der Waals surface area contributed by atoms with Crippen LogP contribution in [0.3, 0.4) is 0 Å². The van der Waals surface area contributed by atoms with Gasteiger partial charge in [0.2, 0.25) is 0 Å². The Labute approximate surface area is 249 Å². The Morgan fingerprint density at radius 2 is 1.65 bits per heavy atom. The average Bonchev–Trinajstić information content (AvgIpc) is 2.90. The Morgan fingerprint density at radius 3 is 2.33 bits per heavy atom. The van der Waals surface area contributed by atoms with E-state index in [0.717, 1.165) is 37.8 Å². The van der Waals surface area contributed by atoms with Crippen LogP contribution in [0.4, 0.5) is 0 Å². The number of hydrogen-bond donors (Lipinski definition) is 1. The van der Waals surface area contributed by atoms with Crippen LogP contribution in [0.25, 0.3) is 22.2 Å². The predicted octanol–water partition coefficient (Wildman–Crippen LogP) is 8.44. The molecule has 0 bridgehead atoms. The second kappa shape index (κ2) is 12.1. The van der Waals surface area contributed by atoms with Crippen LogP contribution in [0.2, 0.25) is 5.02 Å². The van der Waals surface area contributed by atoms with Gasteiger partial charge in [0.1, 0.15) is 5.60 Å². The van der Waals surface area contributed by atoms with Crippen LogP contribution in [0, 0.1) is 6.92 Å². The minimum Gasteiger partial charge on any atom is -0.460 e. The fourth-order valence-electron chi connectivity index (χ4n) is 4.90. The predicted molar refractivity (Wildman–Crippen MR) is 166 cm³/mol. The molecule has 4 aromatic rings. The van der Waals surface area contributed by atoms with Crippen molar-refractivity contribution in [2.45, 2.75) is 58.5 Å². The van der Waals surface area contributed by atoms with Gasteiger partial charge in [-0.05, 0) is 69.5 Å². The fraction of sp³-hybridized carbons (Fsp3) is 0.303. The molecule has 40 heavy (non-hydrogen) atoms. The number of nitrogens with one attached hydrogen (secondary N) is 1. The highest BCUT2D eigenvalue weighted by molar-refractivity contribution is 9.10. The second-order valence-corrected chi connectivity index (χ2v) is 12.6. The van der Waals surface area contributed by atoms with Gasteiger partial charge >= 0.3 is 5.97 Å². The van der Waals surface area contributed by atoms with Crippen LogP contribution < -0.4 is 5.32 Å². The summed E-state index contributed by atoms with van der Waals surface area (Å²) in [6.07, 6.45) is 0.639. The van der Waals surface area contributed by atoms with Crippen LogP contribution in [-0.2, 0) is 14.9 Å². The number of rotatable bonds is 8. The molecule has 1 unspecified atom stereocenters. The summed E-state index contributed by atoms with van der Waals surface area (Å²) in [6, 6.07) is 23.2. The normalized spacial score (nSPS) is 13.1. The summed E-state index contributed by atoms with van der Waals surface area (Å²) in [6.45, 7) is 9.77. The molecule has 5 nitrogen and oxygen atoms in total. The molecule has 0 fully saturated rings. The van der Waals surface area contributed by atoms with Crippen LogP contribution in [0.15, 0.2) is 77.3 Å². The van der Waals surface area contributed by atoms with Crippen LogP contribution in [0.1, 0.15) is 62.0 Å². The first-order valence-corrected chi connectivity index (χ1v) is 14.5. The molecule has 1 amide bonds. The Balaban J connectivity index is 1.70. The lowest BCUT2D eigenvalue weighted by molar-refractivity contribution is -0.155. The van der Waals surface area contributed by atoms with Crippen molar-refractivity contribution in [2.24, 2.45) is 0 Å². The number of halogens is 2. The molecule has 1 atom stereocenters. The smallest absolute Gasteiger partial charge is 0.306 e. The molecule has 0 saturated heterocycles. The topological polar surface area (TPSA) is 68.3 Å². The highest BCUT2D eigenvalue weighted by Gasteiger charge is 2.32. The maximum atomic E-state index is 14.0. The maximum Gasteiger partial charge on any atom is 0.306 e. The van der Waals surface area contributed by atoms with Gasteiger partial charge in [0.25, 0.3) is 5.91 Å². The molecule has 7 heteroatoms. The van der Waals surface area contributed by atoms with Gasteiger partial charge in [0.05, 0.1) is 16.8 Å². The van der Waals surface area contributed by atoms with E-state index in [1.54, 1.807) is 0 Å². The second-order valence-electron chi connectivity index (χ2n) is 11.3. The molecule has 208 valence electrons. The van der Waals surface area contributed by atoms with Gasteiger partial charge in [-0.25, -0.2) is 4.98 Å². The Kier molecular flexibility index (Phi) is 9.01. The molecule has 1 aromatic heterocycles. The zero-order valence-electron chi connectivity index (χ0n) is 23.5. The summed E-state index contributed by atoms with van der Waals surface area (Å²) in [5, 5.41) is 4.52. The van der Waals surface area contributed by atoms with Crippen molar-refractivity contribution in [3.05, 3.63) is 99.0 Å². The van der Waals surface area contributed by atoms with E-state index in [4.69, 9.17) is 21.3 Å². The Hall–Kier alpha value is -3.22. The molecular weight excluding hydrogens is 588 g/mol. The molecule has 0 spiro atoms. The SMILES string of the molecule is Cc1c(-c2ccccc2)nc2ccc(Br)cc2c1C(=O)NCC(C)(CCC(=O)OC(C)(C)C)c1ccccc1Cl. The number of benzene rings is 3. The van der Waals surface area contributed by atoms with Gasteiger partial charge in [0, 0.05) is 38.8 Å². The number of esters is 1. The van der Waals surface area contributed by atoms with Crippen molar-refractivity contribution in [1.29, 1.82) is 0 Å². The third-order valence-corrected chi connectivity index (χ3v) is 7.75.